The second-order valence-corrected chi connectivity index (χ2v) is 8.33. The Labute approximate surface area is 170 Å². The van der Waals surface area contributed by atoms with E-state index in [-0.39, 0.29) is 17.4 Å². The van der Waals surface area contributed by atoms with Crippen LogP contribution in [0.15, 0.2) is 18.2 Å². The summed E-state index contributed by atoms with van der Waals surface area (Å²) in [5.74, 6) is -2.07. The lowest BCUT2D eigenvalue weighted by atomic mass is 9.94. The highest BCUT2D eigenvalue weighted by atomic mass is 19.4. The molecule has 30 heavy (non-hydrogen) atoms. The largest absolute Gasteiger partial charge is 0.416 e. The lowest BCUT2D eigenvalue weighted by Crippen LogP contribution is -2.68. The summed E-state index contributed by atoms with van der Waals surface area (Å²) in [5.41, 5.74) is 2.03. The lowest BCUT2D eigenvalue weighted by molar-refractivity contribution is -0.138. The monoisotopic (exact) mass is 433 g/mol. The Morgan fingerprint density at radius 3 is 2.50 bits per heavy atom. The number of hydrogen-bond acceptors (Lipinski definition) is 5. The first-order chi connectivity index (χ1) is 14.1. The van der Waals surface area contributed by atoms with Crippen LogP contribution in [-0.4, -0.2) is 55.1 Å². The summed E-state index contributed by atoms with van der Waals surface area (Å²) in [5, 5.41) is 7.64. The Bertz CT molecular complexity index is 815. The standard InChI is InChI=1S/C19H24F5N5O/c1-28(2)18-25-16-14(17(30)26-18)13(8-20)27-29(16)15(9-3-4-9)11-6-5-10(7-12(11)21)19(22,23)24/h5-7,9,13-16,18,25,27H,3-4,8H2,1-2H3,(H,26,30). The first-order valence-corrected chi connectivity index (χ1v) is 9.81. The van der Waals surface area contributed by atoms with Gasteiger partial charge in [-0.25, -0.2) is 19.2 Å². The van der Waals surface area contributed by atoms with Gasteiger partial charge in [0.2, 0.25) is 5.91 Å². The van der Waals surface area contributed by atoms with Gasteiger partial charge in [0.25, 0.3) is 0 Å². The van der Waals surface area contributed by atoms with Crippen LogP contribution in [0.1, 0.15) is 30.0 Å². The van der Waals surface area contributed by atoms with Gasteiger partial charge in [-0.1, -0.05) is 6.07 Å². The SMILES string of the molecule is CN(C)C1NC(=O)C2C(CF)NN(C(c3ccc(C(F)(F)F)cc3F)C3CC3)C2N1. The van der Waals surface area contributed by atoms with Crippen LogP contribution in [0.4, 0.5) is 22.0 Å². The van der Waals surface area contributed by atoms with Crippen molar-refractivity contribution in [3.63, 3.8) is 0 Å². The van der Waals surface area contributed by atoms with Gasteiger partial charge in [-0.05, 0) is 45.0 Å². The Kier molecular flexibility index (Phi) is 5.50. The van der Waals surface area contributed by atoms with Crippen LogP contribution >= 0.6 is 0 Å². The number of alkyl halides is 4. The molecule has 2 saturated heterocycles. The number of nitrogens with zero attached hydrogens (tertiary/aromatic N) is 2. The minimum Gasteiger partial charge on any atom is -0.327 e. The number of halogens is 5. The fourth-order valence-corrected chi connectivity index (χ4v) is 4.34. The summed E-state index contributed by atoms with van der Waals surface area (Å²) in [6.07, 6.45) is -4.26. The zero-order chi connectivity index (χ0) is 21.8. The summed E-state index contributed by atoms with van der Waals surface area (Å²) in [4.78, 5) is 14.4. The number of hydrogen-bond donors (Lipinski definition) is 3. The van der Waals surface area contributed by atoms with E-state index in [1.807, 2.05) is 0 Å². The molecule has 5 unspecified atom stereocenters. The molecule has 2 aliphatic heterocycles. The van der Waals surface area contributed by atoms with E-state index >= 15 is 0 Å². The van der Waals surface area contributed by atoms with E-state index in [1.54, 1.807) is 24.0 Å². The summed E-state index contributed by atoms with van der Waals surface area (Å²) >= 11 is 0. The van der Waals surface area contributed by atoms with Crippen LogP contribution in [-0.2, 0) is 11.0 Å². The number of benzene rings is 1. The van der Waals surface area contributed by atoms with E-state index in [4.69, 9.17) is 0 Å². The Hall–Kier alpha value is -1.82. The Morgan fingerprint density at radius 1 is 1.27 bits per heavy atom. The third kappa shape index (κ3) is 3.79. The number of hydrazine groups is 1. The second-order valence-electron chi connectivity index (χ2n) is 8.33. The van der Waals surface area contributed by atoms with E-state index in [1.165, 1.54) is 0 Å². The number of fused-ring (bicyclic) bond motifs is 1. The molecule has 0 aromatic heterocycles. The van der Waals surface area contributed by atoms with Crippen LogP contribution in [0.2, 0.25) is 0 Å². The highest BCUT2D eigenvalue weighted by Gasteiger charge is 2.54. The van der Waals surface area contributed by atoms with Crippen LogP contribution in [0.3, 0.4) is 0 Å². The van der Waals surface area contributed by atoms with Crippen molar-refractivity contribution in [2.24, 2.45) is 11.8 Å². The zero-order valence-corrected chi connectivity index (χ0v) is 16.5. The molecule has 3 fully saturated rings. The molecule has 0 radical (unpaired) electrons. The van der Waals surface area contributed by atoms with Crippen molar-refractivity contribution in [3.05, 3.63) is 35.1 Å². The highest BCUT2D eigenvalue weighted by Crippen LogP contribution is 2.48. The van der Waals surface area contributed by atoms with Crippen molar-refractivity contribution in [2.75, 3.05) is 20.8 Å². The van der Waals surface area contributed by atoms with Gasteiger partial charge in [0.05, 0.1) is 29.7 Å². The molecule has 1 saturated carbocycles. The molecule has 1 aromatic carbocycles. The average Bonchev–Trinajstić information content (AvgIpc) is 3.43. The van der Waals surface area contributed by atoms with Crippen molar-refractivity contribution in [3.8, 4) is 0 Å². The highest BCUT2D eigenvalue weighted by molar-refractivity contribution is 5.81. The molecule has 1 aromatic rings. The van der Waals surface area contributed by atoms with Gasteiger partial charge >= 0.3 is 6.18 Å². The van der Waals surface area contributed by atoms with E-state index in [0.29, 0.717) is 6.07 Å². The molecule has 166 valence electrons. The first kappa shape index (κ1) is 21.4. The third-order valence-electron chi connectivity index (χ3n) is 6.00. The summed E-state index contributed by atoms with van der Waals surface area (Å²) < 4.78 is 67.4. The van der Waals surface area contributed by atoms with E-state index in [0.717, 1.165) is 25.0 Å². The fourth-order valence-electron chi connectivity index (χ4n) is 4.34. The smallest absolute Gasteiger partial charge is 0.327 e. The van der Waals surface area contributed by atoms with Gasteiger partial charge in [-0.2, -0.15) is 13.2 Å². The molecule has 6 nitrogen and oxygen atoms in total. The quantitative estimate of drug-likeness (QED) is 0.620. The first-order valence-electron chi connectivity index (χ1n) is 9.81. The summed E-state index contributed by atoms with van der Waals surface area (Å²) in [6, 6.07) is 1.06. The molecular formula is C19H24F5N5O. The van der Waals surface area contributed by atoms with E-state index < -0.39 is 54.7 Å². The summed E-state index contributed by atoms with van der Waals surface area (Å²) in [6.45, 7) is -0.813. The molecule has 0 spiro atoms. The molecule has 4 rings (SSSR count). The van der Waals surface area contributed by atoms with Gasteiger partial charge in [-0.3, -0.25) is 15.0 Å². The van der Waals surface area contributed by atoms with Crippen molar-refractivity contribution in [2.45, 2.75) is 43.6 Å². The average molecular weight is 433 g/mol. The molecule has 11 heteroatoms. The fraction of sp³-hybridized carbons (Fsp3) is 0.632. The predicted octanol–water partition coefficient (Wildman–Crippen LogP) is 1.96. The van der Waals surface area contributed by atoms with Crippen molar-refractivity contribution in [1.82, 2.24) is 26.0 Å². The van der Waals surface area contributed by atoms with Gasteiger partial charge in [-0.15, -0.1) is 0 Å². The Morgan fingerprint density at radius 2 is 1.97 bits per heavy atom. The van der Waals surface area contributed by atoms with Crippen LogP contribution < -0.4 is 16.1 Å². The molecule has 0 bridgehead atoms. The second kappa shape index (κ2) is 7.70. The lowest BCUT2D eigenvalue weighted by Gasteiger charge is -2.42. The van der Waals surface area contributed by atoms with E-state index in [9.17, 15) is 26.7 Å². The van der Waals surface area contributed by atoms with Crippen LogP contribution in [0, 0.1) is 17.7 Å². The number of carbonyl (C=O) groups excluding carboxylic acids is 1. The molecule has 3 N–H and O–H groups in total. The number of rotatable bonds is 5. The number of carbonyl (C=O) groups is 1. The van der Waals surface area contributed by atoms with Crippen molar-refractivity contribution < 1.29 is 26.7 Å². The number of amides is 1. The molecular weight excluding hydrogens is 409 g/mol. The van der Waals surface area contributed by atoms with Gasteiger partial charge in [0, 0.05) is 5.56 Å². The van der Waals surface area contributed by atoms with Gasteiger partial charge in [0.15, 0.2) is 0 Å². The predicted molar refractivity (Wildman–Crippen MR) is 97.6 cm³/mol. The van der Waals surface area contributed by atoms with Crippen LogP contribution in [0.5, 0.6) is 0 Å². The molecule has 5 atom stereocenters. The van der Waals surface area contributed by atoms with Crippen molar-refractivity contribution in [1.29, 1.82) is 0 Å². The zero-order valence-electron chi connectivity index (χ0n) is 16.5. The molecule has 1 aliphatic carbocycles. The molecule has 2 heterocycles. The maximum absolute atomic E-state index is 14.8. The third-order valence-corrected chi connectivity index (χ3v) is 6.00. The molecule has 1 amide bonds. The van der Waals surface area contributed by atoms with Crippen LogP contribution in [0.25, 0.3) is 0 Å². The normalized spacial score (nSPS) is 31.0. The molecule has 3 aliphatic rings. The minimum absolute atomic E-state index is 0.00709. The minimum atomic E-state index is -4.65. The van der Waals surface area contributed by atoms with E-state index in [2.05, 4.69) is 16.1 Å². The number of nitrogens with one attached hydrogen (secondary N) is 3. The van der Waals surface area contributed by atoms with Gasteiger partial charge < -0.3 is 5.32 Å². The van der Waals surface area contributed by atoms with Gasteiger partial charge in [0.1, 0.15) is 18.8 Å². The topological polar surface area (TPSA) is 59.6 Å². The Balaban J connectivity index is 1.70. The maximum Gasteiger partial charge on any atom is 0.416 e. The summed E-state index contributed by atoms with van der Waals surface area (Å²) in [7, 11) is 3.51. The maximum atomic E-state index is 14.8. The van der Waals surface area contributed by atoms with Crippen molar-refractivity contribution >= 4 is 5.91 Å².